The van der Waals surface area contributed by atoms with Gasteiger partial charge in [0.2, 0.25) is 15.5 Å². The Kier molecular flexibility index (Phi) is 7.66. The third kappa shape index (κ3) is 5.55. The van der Waals surface area contributed by atoms with E-state index in [1.165, 1.54) is 22.1 Å². The van der Waals surface area contributed by atoms with Crippen molar-refractivity contribution in [2.45, 2.75) is 51.0 Å². The molecule has 0 bridgehead atoms. The van der Waals surface area contributed by atoms with Crippen molar-refractivity contribution in [1.82, 2.24) is 14.2 Å². The molecule has 1 saturated heterocycles. The second kappa shape index (κ2) is 10.6. The van der Waals surface area contributed by atoms with E-state index < -0.39 is 21.4 Å². The first-order chi connectivity index (χ1) is 17.1. The highest BCUT2D eigenvalue weighted by molar-refractivity contribution is 7.89. The van der Waals surface area contributed by atoms with Crippen LogP contribution >= 0.6 is 0 Å². The van der Waals surface area contributed by atoms with Gasteiger partial charge < -0.3 is 9.88 Å². The van der Waals surface area contributed by atoms with Crippen molar-refractivity contribution in [3.05, 3.63) is 76.1 Å². The van der Waals surface area contributed by atoms with E-state index in [1.54, 1.807) is 23.7 Å². The molecule has 3 atom stereocenters. The molecule has 0 saturated carbocycles. The van der Waals surface area contributed by atoms with Crippen molar-refractivity contribution in [3.63, 3.8) is 0 Å². The average Bonchev–Trinajstić information content (AvgIpc) is 2.84. The van der Waals surface area contributed by atoms with E-state index in [1.807, 2.05) is 37.3 Å². The lowest BCUT2D eigenvalue weighted by Crippen LogP contribution is -2.42. The van der Waals surface area contributed by atoms with E-state index >= 15 is 0 Å². The molecule has 1 aliphatic heterocycles. The van der Waals surface area contributed by atoms with E-state index in [4.69, 9.17) is 0 Å². The summed E-state index contributed by atoms with van der Waals surface area (Å²) in [6.07, 6.45) is 4.06. The number of nitrogens with zero attached hydrogens (tertiary/aromatic N) is 2. The summed E-state index contributed by atoms with van der Waals surface area (Å²) in [6.45, 7) is 6.95. The van der Waals surface area contributed by atoms with Crippen LogP contribution in [0.2, 0.25) is 0 Å². The van der Waals surface area contributed by atoms with Crippen LogP contribution in [0.15, 0.2) is 64.4 Å². The highest BCUT2D eigenvalue weighted by atomic mass is 32.2. The molecule has 1 amide bonds. The molecule has 1 fully saturated rings. The highest BCUT2D eigenvalue weighted by Crippen LogP contribution is 2.28. The van der Waals surface area contributed by atoms with Crippen molar-refractivity contribution in [2.75, 3.05) is 13.1 Å². The Morgan fingerprint density at radius 3 is 2.42 bits per heavy atom. The Morgan fingerprint density at radius 1 is 1.08 bits per heavy atom. The maximum Gasteiger partial charge on any atom is 0.256 e. The molecule has 192 valence electrons. The lowest BCUT2D eigenvalue weighted by atomic mass is 9.94. The summed E-state index contributed by atoms with van der Waals surface area (Å²) >= 11 is 0. The number of benzene rings is 2. The maximum absolute atomic E-state index is 13.4. The molecule has 1 aromatic heterocycles. The zero-order valence-corrected chi connectivity index (χ0v) is 22.2. The number of aryl methyl sites for hydroxylation is 2. The van der Waals surface area contributed by atoms with Gasteiger partial charge in [-0.3, -0.25) is 9.59 Å². The van der Waals surface area contributed by atoms with Crippen molar-refractivity contribution in [3.8, 4) is 0 Å². The van der Waals surface area contributed by atoms with Crippen molar-refractivity contribution in [2.24, 2.45) is 18.9 Å². The number of aromatic nitrogens is 1. The molecule has 1 aliphatic rings. The fourth-order valence-corrected chi connectivity index (χ4v) is 6.85. The molecular weight excluding hydrogens is 474 g/mol. The zero-order chi connectivity index (χ0) is 26.0. The minimum Gasteiger partial charge on any atom is -0.350 e. The van der Waals surface area contributed by atoms with Crippen molar-refractivity contribution >= 4 is 26.8 Å². The smallest absolute Gasteiger partial charge is 0.256 e. The molecule has 0 unspecified atom stereocenters. The van der Waals surface area contributed by atoms with Gasteiger partial charge in [-0.25, -0.2) is 8.42 Å². The van der Waals surface area contributed by atoms with Gasteiger partial charge >= 0.3 is 0 Å². The highest BCUT2D eigenvalue weighted by Gasteiger charge is 2.32. The number of sulfonamides is 1. The van der Waals surface area contributed by atoms with Crippen molar-refractivity contribution in [1.29, 1.82) is 0 Å². The molecule has 2 aromatic carbocycles. The number of amides is 1. The molecule has 0 aliphatic carbocycles. The number of carbonyl (C=O) groups excluding carboxylic acids is 1. The quantitative estimate of drug-likeness (QED) is 0.522. The largest absolute Gasteiger partial charge is 0.350 e. The number of piperidine rings is 1. The molecule has 1 N–H and O–H groups in total. The van der Waals surface area contributed by atoms with Crippen LogP contribution in [0, 0.1) is 11.8 Å². The number of hydrogen-bond donors (Lipinski definition) is 1. The number of hydrogen-bond acceptors (Lipinski definition) is 4. The molecule has 36 heavy (non-hydrogen) atoms. The van der Waals surface area contributed by atoms with E-state index in [0.717, 1.165) is 19.3 Å². The average molecular weight is 510 g/mol. The summed E-state index contributed by atoms with van der Waals surface area (Å²) in [5.41, 5.74) is 1.30. The van der Waals surface area contributed by atoms with Crippen LogP contribution in [0.1, 0.15) is 49.5 Å². The molecule has 7 nitrogen and oxygen atoms in total. The Morgan fingerprint density at radius 2 is 1.75 bits per heavy atom. The van der Waals surface area contributed by atoms with Crippen LogP contribution < -0.4 is 10.7 Å². The number of carbonyl (C=O) groups is 1. The van der Waals surface area contributed by atoms with Gasteiger partial charge in [-0.2, -0.15) is 4.31 Å². The van der Waals surface area contributed by atoms with Crippen LogP contribution in [-0.4, -0.2) is 42.3 Å². The van der Waals surface area contributed by atoms with Gasteiger partial charge in [0.25, 0.3) is 5.91 Å². The topological polar surface area (TPSA) is 88.5 Å². The molecule has 0 spiro atoms. The van der Waals surface area contributed by atoms with Crippen LogP contribution in [0.5, 0.6) is 0 Å². The predicted octanol–water partition coefficient (Wildman–Crippen LogP) is 3.96. The van der Waals surface area contributed by atoms with E-state index in [9.17, 15) is 18.0 Å². The molecule has 8 heteroatoms. The maximum atomic E-state index is 13.4. The summed E-state index contributed by atoms with van der Waals surface area (Å²) in [7, 11) is -2.00. The number of fused-ring (bicyclic) bond motifs is 1. The second-order valence-corrected chi connectivity index (χ2v) is 12.3. The predicted molar refractivity (Wildman–Crippen MR) is 143 cm³/mol. The van der Waals surface area contributed by atoms with Crippen LogP contribution in [0.25, 0.3) is 10.9 Å². The molecule has 4 rings (SSSR count). The van der Waals surface area contributed by atoms with E-state index in [2.05, 4.69) is 19.2 Å². The van der Waals surface area contributed by atoms with Gasteiger partial charge in [0, 0.05) is 37.8 Å². The van der Waals surface area contributed by atoms with Gasteiger partial charge in [-0.05, 0) is 61.8 Å². The Bertz CT molecular complexity index is 1410. The standard InChI is InChI=1S/C28H35N3O4S/c1-19-14-20(2)17-31(16-19)36(34,35)23-12-13-26-24(15-23)27(32)25(18-30(26)4)28(33)29-21(3)10-11-22-8-6-5-7-9-22/h5-9,12-13,15,18-21H,10-11,14,16-17H2,1-4H3,(H,29,33)/t19-,20+,21-/m1/s1. The summed E-state index contributed by atoms with van der Waals surface area (Å²) < 4.78 is 30.0. The first kappa shape index (κ1) is 26.1. The molecule has 0 radical (unpaired) electrons. The Hall–Kier alpha value is -2.97. The second-order valence-electron chi connectivity index (χ2n) is 10.3. The van der Waals surface area contributed by atoms with Gasteiger partial charge in [-0.1, -0.05) is 44.2 Å². The fraction of sp³-hybridized carbons (Fsp3) is 0.429. The number of nitrogens with one attached hydrogen (secondary N) is 1. The Labute approximate surface area is 213 Å². The third-order valence-corrected chi connectivity index (χ3v) is 8.79. The molecule has 3 aromatic rings. The van der Waals surface area contributed by atoms with Crippen molar-refractivity contribution < 1.29 is 13.2 Å². The van der Waals surface area contributed by atoms with Crippen LogP contribution in [0.4, 0.5) is 0 Å². The van der Waals surface area contributed by atoms with E-state index in [-0.39, 0.29) is 33.7 Å². The minimum atomic E-state index is -3.75. The third-order valence-electron chi connectivity index (χ3n) is 6.96. The fourth-order valence-electron chi connectivity index (χ4n) is 5.15. The first-order valence-corrected chi connectivity index (χ1v) is 14.0. The first-order valence-electron chi connectivity index (χ1n) is 12.5. The lowest BCUT2D eigenvalue weighted by Gasteiger charge is -2.34. The lowest BCUT2D eigenvalue weighted by molar-refractivity contribution is 0.0937. The van der Waals surface area contributed by atoms with E-state index in [0.29, 0.717) is 18.6 Å². The van der Waals surface area contributed by atoms with Gasteiger partial charge in [0.15, 0.2) is 0 Å². The molecular formula is C28H35N3O4S. The zero-order valence-electron chi connectivity index (χ0n) is 21.4. The summed E-state index contributed by atoms with van der Waals surface area (Å²) in [6, 6.07) is 14.5. The number of rotatable bonds is 7. The summed E-state index contributed by atoms with van der Waals surface area (Å²) in [4.78, 5) is 26.5. The Balaban J connectivity index is 1.59. The van der Waals surface area contributed by atoms with Crippen LogP contribution in [0.3, 0.4) is 0 Å². The molecule has 2 heterocycles. The summed E-state index contributed by atoms with van der Waals surface area (Å²) in [5.74, 6) is 0.0945. The SMILES string of the molecule is C[C@@H]1C[C@H](C)CN(S(=O)(=O)c2ccc3c(c2)c(=O)c(C(=O)N[C@H](C)CCc2ccccc2)cn3C)C1. The van der Waals surface area contributed by atoms with Crippen LogP contribution in [-0.2, 0) is 23.5 Å². The monoisotopic (exact) mass is 509 g/mol. The number of pyridine rings is 1. The summed E-state index contributed by atoms with van der Waals surface area (Å²) in [5, 5.41) is 3.15. The van der Waals surface area contributed by atoms with Gasteiger partial charge in [-0.15, -0.1) is 0 Å². The minimum absolute atomic E-state index is 0.00586. The van der Waals surface area contributed by atoms with Gasteiger partial charge in [0.1, 0.15) is 5.56 Å². The normalized spacial score (nSPS) is 19.8. The van der Waals surface area contributed by atoms with Gasteiger partial charge in [0.05, 0.1) is 10.4 Å².